The molecule has 0 unspecified atom stereocenters. The van der Waals surface area contributed by atoms with Gasteiger partial charge in [-0.25, -0.2) is 0 Å². The predicted molar refractivity (Wildman–Crippen MR) is 96.9 cm³/mol. The smallest absolute Gasteiger partial charge is 0.206 e. The van der Waals surface area contributed by atoms with E-state index in [-0.39, 0.29) is 5.78 Å². The second-order valence-corrected chi connectivity index (χ2v) is 8.21. The first kappa shape index (κ1) is 16.7. The summed E-state index contributed by atoms with van der Waals surface area (Å²) in [4.78, 5) is 12.1. The lowest BCUT2D eigenvalue weighted by atomic mass is 9.96. The zero-order chi connectivity index (χ0) is 16.1. The van der Waals surface area contributed by atoms with Crippen LogP contribution in [0.1, 0.15) is 42.5 Å². The van der Waals surface area contributed by atoms with Gasteiger partial charge in [-0.05, 0) is 37.1 Å². The Morgan fingerprint density at radius 3 is 2.70 bits per heavy atom. The van der Waals surface area contributed by atoms with Crippen LogP contribution in [0, 0.1) is 0 Å². The number of Topliss-reactive ketones (excluding diaryl/α,β-unsaturated/α-hetero) is 1. The van der Waals surface area contributed by atoms with Crippen molar-refractivity contribution in [1.29, 1.82) is 0 Å². The maximum atomic E-state index is 12.1. The van der Waals surface area contributed by atoms with E-state index in [1.165, 1.54) is 55.2 Å². The molecule has 1 aliphatic rings. The number of benzene rings is 1. The lowest BCUT2D eigenvalue weighted by Gasteiger charge is -2.21. The molecule has 7 heteroatoms. The highest BCUT2D eigenvalue weighted by Crippen LogP contribution is 2.28. The summed E-state index contributed by atoms with van der Waals surface area (Å²) >= 11 is 8.79. The van der Waals surface area contributed by atoms with Crippen LogP contribution < -0.4 is 5.32 Å². The van der Waals surface area contributed by atoms with Gasteiger partial charge >= 0.3 is 0 Å². The fourth-order valence-electron chi connectivity index (χ4n) is 2.59. The minimum atomic E-state index is 0.0728. The number of nitrogens with one attached hydrogen (secondary N) is 1. The topological polar surface area (TPSA) is 54.9 Å². The standard InChI is InChI=1S/C16H18ClN3OS2/c17-12-8-6-11(7-9-12)14(21)10-22-16-20-19-15(23-16)18-13-4-2-1-3-5-13/h6-9,13H,1-5,10H2,(H,18,19). The Bertz CT molecular complexity index is 654. The molecule has 0 bridgehead atoms. The molecule has 1 saturated carbocycles. The van der Waals surface area contributed by atoms with Crippen LogP contribution in [0.2, 0.25) is 5.02 Å². The first-order valence-electron chi connectivity index (χ1n) is 7.72. The number of thioether (sulfide) groups is 1. The summed E-state index contributed by atoms with van der Waals surface area (Å²) in [6.45, 7) is 0. The number of ketones is 1. The summed E-state index contributed by atoms with van der Waals surface area (Å²) < 4.78 is 0.825. The minimum Gasteiger partial charge on any atom is -0.357 e. The van der Waals surface area contributed by atoms with Crippen LogP contribution in [-0.4, -0.2) is 27.8 Å². The van der Waals surface area contributed by atoms with Crippen LogP contribution in [0.3, 0.4) is 0 Å². The molecular weight excluding hydrogens is 350 g/mol. The molecule has 122 valence electrons. The van der Waals surface area contributed by atoms with E-state index in [4.69, 9.17) is 11.6 Å². The molecule has 1 aromatic heterocycles. The van der Waals surface area contributed by atoms with E-state index >= 15 is 0 Å². The monoisotopic (exact) mass is 367 g/mol. The van der Waals surface area contributed by atoms with E-state index in [0.29, 0.717) is 22.4 Å². The van der Waals surface area contributed by atoms with Gasteiger partial charge in [0.15, 0.2) is 10.1 Å². The third-order valence-electron chi connectivity index (χ3n) is 3.83. The third-order valence-corrected chi connectivity index (χ3v) is 6.07. The number of hydrogen-bond acceptors (Lipinski definition) is 6. The molecule has 0 spiro atoms. The number of anilines is 1. The van der Waals surface area contributed by atoms with Crippen molar-refractivity contribution >= 4 is 45.6 Å². The summed E-state index contributed by atoms with van der Waals surface area (Å²) in [5.41, 5.74) is 0.673. The van der Waals surface area contributed by atoms with Gasteiger partial charge in [-0.3, -0.25) is 4.79 Å². The molecule has 0 saturated heterocycles. The maximum absolute atomic E-state index is 12.1. The highest BCUT2D eigenvalue weighted by atomic mass is 35.5. The van der Waals surface area contributed by atoms with Crippen LogP contribution >= 0.6 is 34.7 Å². The Hall–Kier alpha value is -1.11. The largest absolute Gasteiger partial charge is 0.357 e. The molecule has 4 nitrogen and oxygen atoms in total. The minimum absolute atomic E-state index is 0.0728. The fraction of sp³-hybridized carbons (Fsp3) is 0.438. The van der Waals surface area contributed by atoms with Gasteiger partial charge in [0.1, 0.15) is 0 Å². The van der Waals surface area contributed by atoms with Gasteiger partial charge in [-0.15, -0.1) is 10.2 Å². The SMILES string of the molecule is O=C(CSc1nnc(NC2CCCCC2)s1)c1ccc(Cl)cc1. The number of aromatic nitrogens is 2. The molecule has 0 radical (unpaired) electrons. The first-order chi connectivity index (χ1) is 11.2. The molecule has 2 aromatic rings. The highest BCUT2D eigenvalue weighted by molar-refractivity contribution is 8.01. The predicted octanol–water partition coefficient (Wildman–Crippen LogP) is 4.91. The molecule has 0 amide bonds. The lowest BCUT2D eigenvalue weighted by molar-refractivity contribution is 0.102. The van der Waals surface area contributed by atoms with Crippen LogP contribution in [0.15, 0.2) is 28.6 Å². The number of hydrogen-bond donors (Lipinski definition) is 1. The normalized spacial score (nSPS) is 15.5. The van der Waals surface area contributed by atoms with Crippen molar-refractivity contribution in [2.75, 3.05) is 11.1 Å². The Kier molecular flexibility index (Phi) is 5.91. The summed E-state index contributed by atoms with van der Waals surface area (Å²) in [5, 5.41) is 13.3. The Balaban J connectivity index is 1.50. The van der Waals surface area contributed by atoms with E-state index in [9.17, 15) is 4.79 Å². The van der Waals surface area contributed by atoms with Gasteiger partial charge in [0, 0.05) is 16.6 Å². The molecular formula is C16H18ClN3OS2. The number of carbonyl (C=O) groups is 1. The summed E-state index contributed by atoms with van der Waals surface area (Å²) in [6.07, 6.45) is 6.32. The zero-order valence-corrected chi connectivity index (χ0v) is 15.0. The maximum Gasteiger partial charge on any atom is 0.206 e. The number of carbonyl (C=O) groups excluding carboxylic acids is 1. The Morgan fingerprint density at radius 1 is 1.22 bits per heavy atom. The van der Waals surface area contributed by atoms with Crippen molar-refractivity contribution in [3.8, 4) is 0 Å². The summed E-state index contributed by atoms with van der Waals surface area (Å²) in [6, 6.07) is 7.49. The van der Waals surface area contributed by atoms with Crippen LogP contribution in [0.4, 0.5) is 5.13 Å². The van der Waals surface area contributed by atoms with Gasteiger partial charge < -0.3 is 5.32 Å². The zero-order valence-electron chi connectivity index (χ0n) is 12.6. The van der Waals surface area contributed by atoms with E-state index in [1.807, 2.05) is 0 Å². The van der Waals surface area contributed by atoms with Crippen molar-refractivity contribution in [2.24, 2.45) is 0 Å². The Labute approximate surface area is 149 Å². The van der Waals surface area contributed by atoms with Crippen LogP contribution in [0.5, 0.6) is 0 Å². The second kappa shape index (κ2) is 8.13. The quantitative estimate of drug-likeness (QED) is 0.580. The van der Waals surface area contributed by atoms with Gasteiger partial charge in [-0.1, -0.05) is 54.0 Å². The molecule has 3 rings (SSSR count). The van der Waals surface area contributed by atoms with Crippen molar-refractivity contribution in [1.82, 2.24) is 10.2 Å². The van der Waals surface area contributed by atoms with Gasteiger partial charge in [-0.2, -0.15) is 0 Å². The van der Waals surface area contributed by atoms with Crippen LogP contribution in [0.25, 0.3) is 0 Å². The highest BCUT2D eigenvalue weighted by Gasteiger charge is 2.15. The van der Waals surface area contributed by atoms with E-state index < -0.39 is 0 Å². The molecule has 1 aliphatic carbocycles. The van der Waals surface area contributed by atoms with Gasteiger partial charge in [0.05, 0.1) is 5.75 Å². The third kappa shape index (κ3) is 4.93. The fourth-order valence-corrected chi connectivity index (χ4v) is 4.44. The van der Waals surface area contributed by atoms with Crippen molar-refractivity contribution in [3.63, 3.8) is 0 Å². The molecule has 23 heavy (non-hydrogen) atoms. The van der Waals surface area contributed by atoms with E-state index in [0.717, 1.165) is 9.47 Å². The van der Waals surface area contributed by atoms with Crippen molar-refractivity contribution in [2.45, 2.75) is 42.5 Å². The Morgan fingerprint density at radius 2 is 1.96 bits per heavy atom. The van der Waals surface area contributed by atoms with E-state index in [2.05, 4.69) is 15.5 Å². The second-order valence-electron chi connectivity index (χ2n) is 5.57. The molecule has 1 N–H and O–H groups in total. The summed E-state index contributed by atoms with van der Waals surface area (Å²) in [5.74, 6) is 0.434. The number of nitrogens with zero attached hydrogens (tertiary/aromatic N) is 2. The molecule has 0 aliphatic heterocycles. The van der Waals surface area contributed by atoms with E-state index in [1.54, 1.807) is 24.3 Å². The first-order valence-corrected chi connectivity index (χ1v) is 9.90. The van der Waals surface area contributed by atoms with Gasteiger partial charge in [0.2, 0.25) is 5.13 Å². The molecule has 0 atom stereocenters. The average Bonchev–Trinajstić information content (AvgIpc) is 3.02. The van der Waals surface area contributed by atoms with Crippen molar-refractivity contribution < 1.29 is 4.79 Å². The number of halogens is 1. The molecule has 1 heterocycles. The average molecular weight is 368 g/mol. The molecule has 1 aromatic carbocycles. The lowest BCUT2D eigenvalue weighted by Crippen LogP contribution is -2.21. The van der Waals surface area contributed by atoms with Crippen molar-refractivity contribution in [3.05, 3.63) is 34.9 Å². The van der Waals surface area contributed by atoms with Gasteiger partial charge in [0.25, 0.3) is 0 Å². The summed E-state index contributed by atoms with van der Waals surface area (Å²) in [7, 11) is 0. The van der Waals surface area contributed by atoms with Crippen LogP contribution in [-0.2, 0) is 0 Å². The number of rotatable bonds is 6. The molecule has 1 fully saturated rings.